The van der Waals surface area contributed by atoms with E-state index in [1.165, 1.54) is 0 Å². The molecule has 1 aromatic rings. The van der Waals surface area contributed by atoms with Crippen molar-refractivity contribution in [3.8, 4) is 0 Å². The molecule has 25 heavy (non-hydrogen) atoms. The first-order valence-electron chi connectivity index (χ1n) is 7.92. The van der Waals surface area contributed by atoms with E-state index in [2.05, 4.69) is 10.6 Å². The SMILES string of the molecule is CCOC(=O)C[C@@H](C)[C@H](NC(=O)CNC(=O)c1ccccc1)C(N)=O. The van der Waals surface area contributed by atoms with Crippen molar-refractivity contribution in [3.05, 3.63) is 35.9 Å². The van der Waals surface area contributed by atoms with Crippen LogP contribution in [-0.4, -0.2) is 42.9 Å². The average molecular weight is 349 g/mol. The predicted octanol–water partition coefficient (Wildman–Crippen LogP) is -0.0242. The van der Waals surface area contributed by atoms with Gasteiger partial charge < -0.3 is 21.1 Å². The van der Waals surface area contributed by atoms with Crippen molar-refractivity contribution in [2.75, 3.05) is 13.2 Å². The Hall–Kier alpha value is -2.90. The molecule has 3 amide bonds. The summed E-state index contributed by atoms with van der Waals surface area (Å²) < 4.78 is 4.81. The maximum atomic E-state index is 12.0. The summed E-state index contributed by atoms with van der Waals surface area (Å²) >= 11 is 0. The molecule has 0 bridgehead atoms. The zero-order valence-electron chi connectivity index (χ0n) is 14.3. The smallest absolute Gasteiger partial charge is 0.306 e. The van der Waals surface area contributed by atoms with Crippen molar-refractivity contribution in [2.24, 2.45) is 11.7 Å². The molecule has 0 fully saturated rings. The highest BCUT2D eigenvalue weighted by molar-refractivity contribution is 5.97. The van der Waals surface area contributed by atoms with Crippen molar-refractivity contribution in [3.63, 3.8) is 0 Å². The summed E-state index contributed by atoms with van der Waals surface area (Å²) in [6.45, 7) is 3.19. The van der Waals surface area contributed by atoms with Gasteiger partial charge in [-0.05, 0) is 25.0 Å². The van der Waals surface area contributed by atoms with E-state index in [0.29, 0.717) is 5.56 Å². The summed E-state index contributed by atoms with van der Waals surface area (Å²) in [7, 11) is 0. The summed E-state index contributed by atoms with van der Waals surface area (Å²) in [5, 5.41) is 4.88. The lowest BCUT2D eigenvalue weighted by molar-refractivity contribution is -0.144. The zero-order chi connectivity index (χ0) is 18.8. The van der Waals surface area contributed by atoms with Gasteiger partial charge in [-0.15, -0.1) is 0 Å². The van der Waals surface area contributed by atoms with Crippen LogP contribution >= 0.6 is 0 Å². The maximum Gasteiger partial charge on any atom is 0.306 e. The molecule has 136 valence electrons. The molecule has 0 aromatic heterocycles. The van der Waals surface area contributed by atoms with Crippen molar-refractivity contribution in [2.45, 2.75) is 26.3 Å². The number of nitrogens with two attached hydrogens (primary N) is 1. The minimum atomic E-state index is -1.04. The molecular formula is C17H23N3O5. The molecule has 0 heterocycles. The molecule has 0 radical (unpaired) electrons. The molecule has 0 aliphatic carbocycles. The van der Waals surface area contributed by atoms with E-state index in [0.717, 1.165) is 0 Å². The molecule has 0 unspecified atom stereocenters. The Bertz CT molecular complexity index is 618. The number of hydrogen-bond donors (Lipinski definition) is 3. The quantitative estimate of drug-likeness (QED) is 0.540. The Kier molecular flexibility index (Phi) is 8.11. The Balaban J connectivity index is 2.54. The first kappa shape index (κ1) is 20.1. The van der Waals surface area contributed by atoms with Crippen molar-refractivity contribution < 1.29 is 23.9 Å². The molecule has 0 saturated carbocycles. The van der Waals surface area contributed by atoms with Crippen LogP contribution in [0.2, 0.25) is 0 Å². The van der Waals surface area contributed by atoms with Crippen LogP contribution in [0.4, 0.5) is 0 Å². The number of ether oxygens (including phenoxy) is 1. The molecule has 0 saturated heterocycles. The number of hydrogen-bond acceptors (Lipinski definition) is 5. The summed E-state index contributed by atoms with van der Waals surface area (Å²) in [5.74, 6) is -2.77. The standard InChI is InChI=1S/C17H23N3O5/c1-3-25-14(22)9-11(2)15(16(18)23)20-13(21)10-19-17(24)12-7-5-4-6-8-12/h4-8,11,15H,3,9-10H2,1-2H3,(H2,18,23)(H,19,24)(H,20,21)/t11-,15+/m1/s1. The van der Waals surface area contributed by atoms with E-state index in [4.69, 9.17) is 10.5 Å². The van der Waals surface area contributed by atoms with Crippen LogP contribution in [-0.2, 0) is 19.1 Å². The van der Waals surface area contributed by atoms with Gasteiger partial charge in [0.2, 0.25) is 11.8 Å². The van der Waals surface area contributed by atoms with E-state index in [9.17, 15) is 19.2 Å². The summed E-state index contributed by atoms with van der Waals surface area (Å²) in [6.07, 6.45) is -0.0574. The lowest BCUT2D eigenvalue weighted by atomic mass is 9.97. The summed E-state index contributed by atoms with van der Waals surface area (Å²) in [5.41, 5.74) is 5.70. The van der Waals surface area contributed by atoms with Gasteiger partial charge in [-0.2, -0.15) is 0 Å². The highest BCUT2D eigenvalue weighted by Gasteiger charge is 2.27. The first-order chi connectivity index (χ1) is 11.8. The van der Waals surface area contributed by atoms with E-state index >= 15 is 0 Å². The third-order valence-electron chi connectivity index (χ3n) is 3.43. The number of rotatable bonds is 9. The van der Waals surface area contributed by atoms with Crippen LogP contribution in [0.1, 0.15) is 30.6 Å². The molecule has 1 aromatic carbocycles. The van der Waals surface area contributed by atoms with Crippen LogP contribution < -0.4 is 16.4 Å². The van der Waals surface area contributed by atoms with Gasteiger partial charge in [-0.25, -0.2) is 0 Å². The highest BCUT2D eigenvalue weighted by Crippen LogP contribution is 2.09. The molecule has 8 nitrogen and oxygen atoms in total. The van der Waals surface area contributed by atoms with E-state index in [1.54, 1.807) is 44.2 Å². The predicted molar refractivity (Wildman–Crippen MR) is 90.3 cm³/mol. The number of esters is 1. The van der Waals surface area contributed by atoms with Crippen LogP contribution in [0.5, 0.6) is 0 Å². The molecule has 1 rings (SSSR count). The van der Waals surface area contributed by atoms with Crippen LogP contribution in [0.3, 0.4) is 0 Å². The van der Waals surface area contributed by atoms with Crippen LogP contribution in [0.15, 0.2) is 30.3 Å². The number of primary amides is 1. The average Bonchev–Trinajstić information content (AvgIpc) is 2.58. The van der Waals surface area contributed by atoms with E-state index < -0.39 is 35.7 Å². The molecular weight excluding hydrogens is 326 g/mol. The number of carbonyl (C=O) groups excluding carboxylic acids is 4. The van der Waals surface area contributed by atoms with Gasteiger partial charge in [0.25, 0.3) is 5.91 Å². The fraction of sp³-hybridized carbons (Fsp3) is 0.412. The van der Waals surface area contributed by atoms with E-state index in [-0.39, 0.29) is 19.6 Å². The largest absolute Gasteiger partial charge is 0.466 e. The van der Waals surface area contributed by atoms with Crippen molar-refractivity contribution in [1.82, 2.24) is 10.6 Å². The van der Waals surface area contributed by atoms with Crippen molar-refractivity contribution >= 4 is 23.7 Å². The minimum Gasteiger partial charge on any atom is -0.466 e. The van der Waals surface area contributed by atoms with Gasteiger partial charge in [0, 0.05) is 5.56 Å². The second-order valence-electron chi connectivity index (χ2n) is 5.48. The number of nitrogens with one attached hydrogen (secondary N) is 2. The first-order valence-corrected chi connectivity index (χ1v) is 7.92. The van der Waals surface area contributed by atoms with Gasteiger partial charge in [-0.1, -0.05) is 25.1 Å². The topological polar surface area (TPSA) is 128 Å². The van der Waals surface area contributed by atoms with Crippen LogP contribution in [0.25, 0.3) is 0 Å². The fourth-order valence-corrected chi connectivity index (χ4v) is 2.17. The fourth-order valence-electron chi connectivity index (χ4n) is 2.17. The Morgan fingerprint density at radius 3 is 2.36 bits per heavy atom. The number of carbonyl (C=O) groups is 4. The minimum absolute atomic E-state index is 0.0574. The number of amides is 3. The molecule has 8 heteroatoms. The third-order valence-corrected chi connectivity index (χ3v) is 3.43. The Morgan fingerprint density at radius 1 is 1.16 bits per heavy atom. The summed E-state index contributed by atoms with van der Waals surface area (Å²) in [6, 6.07) is 7.36. The second-order valence-corrected chi connectivity index (χ2v) is 5.48. The highest BCUT2D eigenvalue weighted by atomic mass is 16.5. The second kappa shape index (κ2) is 10.1. The third kappa shape index (κ3) is 7.03. The molecule has 0 spiro atoms. The van der Waals surface area contributed by atoms with Crippen LogP contribution in [0, 0.1) is 5.92 Å². The monoisotopic (exact) mass is 349 g/mol. The van der Waals surface area contributed by atoms with Gasteiger partial charge in [0.15, 0.2) is 0 Å². The van der Waals surface area contributed by atoms with Gasteiger partial charge in [0.05, 0.1) is 19.6 Å². The maximum absolute atomic E-state index is 12.0. The summed E-state index contributed by atoms with van der Waals surface area (Å²) in [4.78, 5) is 46.9. The van der Waals surface area contributed by atoms with Gasteiger partial charge in [0.1, 0.15) is 6.04 Å². The normalized spacial score (nSPS) is 12.6. The van der Waals surface area contributed by atoms with Crippen molar-refractivity contribution in [1.29, 1.82) is 0 Å². The lowest BCUT2D eigenvalue weighted by Gasteiger charge is -2.21. The molecule has 0 aliphatic rings. The van der Waals surface area contributed by atoms with Gasteiger partial charge >= 0.3 is 5.97 Å². The number of benzene rings is 1. The van der Waals surface area contributed by atoms with E-state index in [1.807, 2.05) is 0 Å². The molecule has 0 aliphatic heterocycles. The Morgan fingerprint density at radius 2 is 1.80 bits per heavy atom. The zero-order valence-corrected chi connectivity index (χ0v) is 14.3. The van der Waals surface area contributed by atoms with Gasteiger partial charge in [-0.3, -0.25) is 19.2 Å². The lowest BCUT2D eigenvalue weighted by Crippen LogP contribution is -2.51. The molecule has 2 atom stereocenters. The molecule has 4 N–H and O–H groups in total. The Labute approximate surface area is 146 Å².